The number of anilines is 1. The van der Waals surface area contributed by atoms with Gasteiger partial charge >= 0.3 is 0 Å². The topological polar surface area (TPSA) is 49.4 Å². The summed E-state index contributed by atoms with van der Waals surface area (Å²) in [6.07, 6.45) is 2.24. The van der Waals surface area contributed by atoms with Gasteiger partial charge in [0.15, 0.2) is 0 Å². The minimum absolute atomic E-state index is 0.0325. The van der Waals surface area contributed by atoms with Crippen molar-refractivity contribution < 1.29 is 14.0 Å². The van der Waals surface area contributed by atoms with Crippen LogP contribution < -0.4 is 10.2 Å². The Bertz CT molecular complexity index is 833. The zero-order valence-corrected chi connectivity index (χ0v) is 14.5. The molecule has 2 aromatic carbocycles. The Labute approximate surface area is 152 Å². The second-order valence-electron chi connectivity index (χ2n) is 7.22. The molecule has 0 spiro atoms. The summed E-state index contributed by atoms with van der Waals surface area (Å²) in [5.74, 6) is -1.21. The van der Waals surface area contributed by atoms with Crippen molar-refractivity contribution in [3.05, 3.63) is 66.0 Å². The largest absolute Gasteiger partial charge is 0.355 e. The molecule has 1 N–H and O–H groups in total. The molecular formula is C21H21FN2O2. The predicted molar refractivity (Wildman–Crippen MR) is 97.2 cm³/mol. The number of rotatable bonds is 5. The van der Waals surface area contributed by atoms with Crippen molar-refractivity contribution in [3.8, 4) is 0 Å². The molecule has 1 aliphatic carbocycles. The van der Waals surface area contributed by atoms with Gasteiger partial charge in [-0.1, -0.05) is 42.5 Å². The third-order valence-electron chi connectivity index (χ3n) is 5.48. The average molecular weight is 352 g/mol. The highest BCUT2D eigenvalue weighted by Gasteiger charge is 2.45. The van der Waals surface area contributed by atoms with Gasteiger partial charge in [0.25, 0.3) is 0 Å². The molecule has 1 atom stereocenters. The quantitative estimate of drug-likeness (QED) is 0.899. The molecule has 2 aromatic rings. The van der Waals surface area contributed by atoms with E-state index in [4.69, 9.17) is 0 Å². The first-order valence-corrected chi connectivity index (χ1v) is 8.97. The number of para-hydroxylation sites is 1. The number of carbonyl (C=O) groups excluding carboxylic acids is 2. The number of amides is 2. The number of nitrogens with one attached hydrogen (secondary N) is 1. The van der Waals surface area contributed by atoms with E-state index in [1.165, 1.54) is 16.5 Å². The summed E-state index contributed by atoms with van der Waals surface area (Å²) in [5, 5.41) is 3.02. The minimum atomic E-state index is -0.442. The van der Waals surface area contributed by atoms with Crippen LogP contribution in [0.1, 0.15) is 24.8 Å². The molecule has 1 heterocycles. The molecule has 26 heavy (non-hydrogen) atoms. The average Bonchev–Trinajstić information content (AvgIpc) is 3.36. The van der Waals surface area contributed by atoms with Crippen LogP contribution in [0.2, 0.25) is 0 Å². The van der Waals surface area contributed by atoms with E-state index >= 15 is 0 Å². The van der Waals surface area contributed by atoms with Gasteiger partial charge in [-0.15, -0.1) is 0 Å². The van der Waals surface area contributed by atoms with Crippen molar-refractivity contribution in [2.24, 2.45) is 5.92 Å². The fourth-order valence-corrected chi connectivity index (χ4v) is 3.70. The lowest BCUT2D eigenvalue weighted by atomic mass is 9.95. The molecule has 0 bridgehead atoms. The first kappa shape index (κ1) is 16.8. The van der Waals surface area contributed by atoms with Crippen LogP contribution in [0.5, 0.6) is 0 Å². The minimum Gasteiger partial charge on any atom is -0.355 e. The maximum Gasteiger partial charge on any atom is 0.227 e. The van der Waals surface area contributed by atoms with Crippen LogP contribution in [0.25, 0.3) is 0 Å². The molecule has 4 nitrogen and oxygen atoms in total. The predicted octanol–water partition coefficient (Wildman–Crippen LogP) is 3.03. The van der Waals surface area contributed by atoms with Crippen molar-refractivity contribution in [2.75, 3.05) is 18.0 Å². The lowest BCUT2D eigenvalue weighted by Crippen LogP contribution is -2.37. The maximum atomic E-state index is 13.9. The van der Waals surface area contributed by atoms with Gasteiger partial charge in [-0.05, 0) is 30.5 Å². The lowest BCUT2D eigenvalue weighted by Gasteiger charge is -2.19. The zero-order chi connectivity index (χ0) is 18.1. The monoisotopic (exact) mass is 352 g/mol. The van der Waals surface area contributed by atoms with E-state index < -0.39 is 11.7 Å². The highest BCUT2D eigenvalue weighted by atomic mass is 19.1. The molecule has 5 heteroatoms. The number of hydrogen-bond donors (Lipinski definition) is 1. The highest BCUT2D eigenvalue weighted by Crippen LogP contribution is 2.47. The third-order valence-corrected chi connectivity index (χ3v) is 5.48. The van der Waals surface area contributed by atoms with E-state index in [1.54, 1.807) is 18.2 Å². The summed E-state index contributed by atoms with van der Waals surface area (Å²) in [6.45, 7) is 0.810. The molecule has 2 fully saturated rings. The molecule has 1 saturated carbocycles. The molecule has 4 rings (SSSR count). The first-order chi connectivity index (χ1) is 12.6. The molecule has 1 aliphatic heterocycles. The smallest absolute Gasteiger partial charge is 0.227 e. The van der Waals surface area contributed by atoms with Crippen LogP contribution in [0.15, 0.2) is 54.6 Å². The van der Waals surface area contributed by atoms with Crippen LogP contribution in [0.3, 0.4) is 0 Å². The van der Waals surface area contributed by atoms with E-state index in [1.807, 2.05) is 18.2 Å². The van der Waals surface area contributed by atoms with Gasteiger partial charge in [0.2, 0.25) is 11.8 Å². The Hall–Kier alpha value is -2.69. The molecule has 2 amide bonds. The summed E-state index contributed by atoms with van der Waals surface area (Å²) >= 11 is 0. The summed E-state index contributed by atoms with van der Waals surface area (Å²) in [4.78, 5) is 26.2. The van der Waals surface area contributed by atoms with E-state index in [-0.39, 0.29) is 35.9 Å². The second-order valence-corrected chi connectivity index (χ2v) is 7.22. The molecular weight excluding hydrogens is 331 g/mol. The normalized spacial score (nSPS) is 20.9. The highest BCUT2D eigenvalue weighted by molar-refractivity contribution is 6.00. The van der Waals surface area contributed by atoms with Crippen molar-refractivity contribution in [2.45, 2.75) is 24.7 Å². The van der Waals surface area contributed by atoms with Gasteiger partial charge in [-0.3, -0.25) is 9.59 Å². The Morgan fingerprint density at radius 1 is 1.12 bits per heavy atom. The SMILES string of the molecule is O=C(NCC1(c2ccccc2)CC1)C1CC(=O)N(c2ccccc2F)C1. The van der Waals surface area contributed by atoms with E-state index in [2.05, 4.69) is 17.4 Å². The summed E-state index contributed by atoms with van der Waals surface area (Å²) < 4.78 is 13.9. The first-order valence-electron chi connectivity index (χ1n) is 8.97. The number of nitrogens with zero attached hydrogens (tertiary/aromatic N) is 1. The van der Waals surface area contributed by atoms with Crippen LogP contribution in [-0.2, 0) is 15.0 Å². The molecule has 134 valence electrons. The summed E-state index contributed by atoms with van der Waals surface area (Å²) in [5.41, 5.74) is 1.52. The van der Waals surface area contributed by atoms with E-state index in [9.17, 15) is 14.0 Å². The van der Waals surface area contributed by atoms with Crippen LogP contribution in [0.4, 0.5) is 10.1 Å². The Morgan fingerprint density at radius 2 is 1.81 bits per heavy atom. The number of carbonyl (C=O) groups is 2. The zero-order valence-electron chi connectivity index (χ0n) is 14.5. The fraction of sp³-hybridized carbons (Fsp3) is 0.333. The molecule has 1 unspecified atom stereocenters. The number of halogens is 1. The van der Waals surface area contributed by atoms with Crippen molar-refractivity contribution >= 4 is 17.5 Å². The van der Waals surface area contributed by atoms with Crippen LogP contribution in [0, 0.1) is 11.7 Å². The Kier molecular flexibility index (Phi) is 4.23. The fourth-order valence-electron chi connectivity index (χ4n) is 3.70. The van der Waals surface area contributed by atoms with Gasteiger partial charge in [0.05, 0.1) is 11.6 Å². The Morgan fingerprint density at radius 3 is 2.50 bits per heavy atom. The number of benzene rings is 2. The van der Waals surface area contributed by atoms with E-state index in [0.29, 0.717) is 6.54 Å². The summed E-state index contributed by atoms with van der Waals surface area (Å²) in [6, 6.07) is 16.4. The van der Waals surface area contributed by atoms with Crippen LogP contribution >= 0.6 is 0 Å². The molecule has 2 aliphatic rings. The Balaban J connectivity index is 1.39. The lowest BCUT2D eigenvalue weighted by molar-refractivity contribution is -0.126. The standard InChI is InChI=1S/C21H21FN2O2/c22-17-8-4-5-9-18(17)24-13-15(12-19(24)25)20(26)23-14-21(10-11-21)16-6-2-1-3-7-16/h1-9,15H,10-14H2,(H,23,26). The van der Waals surface area contributed by atoms with Gasteiger partial charge in [-0.25, -0.2) is 4.39 Å². The van der Waals surface area contributed by atoms with Gasteiger partial charge in [0.1, 0.15) is 5.82 Å². The molecule has 0 aromatic heterocycles. The van der Waals surface area contributed by atoms with Crippen molar-refractivity contribution in [1.29, 1.82) is 0 Å². The van der Waals surface area contributed by atoms with Crippen molar-refractivity contribution in [1.82, 2.24) is 5.32 Å². The maximum absolute atomic E-state index is 13.9. The van der Waals surface area contributed by atoms with Gasteiger partial charge < -0.3 is 10.2 Å². The van der Waals surface area contributed by atoms with Gasteiger partial charge in [-0.2, -0.15) is 0 Å². The van der Waals surface area contributed by atoms with Crippen LogP contribution in [-0.4, -0.2) is 24.9 Å². The van der Waals surface area contributed by atoms with E-state index in [0.717, 1.165) is 12.8 Å². The second kappa shape index (κ2) is 6.56. The summed E-state index contributed by atoms with van der Waals surface area (Å²) in [7, 11) is 0. The third kappa shape index (κ3) is 3.09. The van der Waals surface area contributed by atoms with Gasteiger partial charge in [0, 0.05) is 24.9 Å². The molecule has 1 saturated heterocycles. The van der Waals surface area contributed by atoms with Crippen molar-refractivity contribution in [3.63, 3.8) is 0 Å². The molecule has 0 radical (unpaired) electrons. The number of hydrogen-bond acceptors (Lipinski definition) is 2.